The molecule has 9 heteroatoms. The zero-order chi connectivity index (χ0) is 22.0. The Morgan fingerprint density at radius 3 is 2.58 bits per heavy atom. The number of benzene rings is 2. The topological polar surface area (TPSA) is 103 Å². The Kier molecular flexibility index (Phi) is 5.43. The standard InChI is InChI=1S/C22H20N4O4S/c1-15-6-7-16(2)19(13-15)31(28,29)30-18-10-8-17(9-11-18)22(27)23-14-21-25-24-20-5-3-4-12-26(20)21/h3-13H,14H2,1-2H3,(H,23,27). The zero-order valence-electron chi connectivity index (χ0n) is 16.9. The van der Waals surface area contributed by atoms with E-state index in [-0.39, 0.29) is 23.1 Å². The minimum absolute atomic E-state index is 0.120. The molecule has 0 radical (unpaired) electrons. The summed E-state index contributed by atoms with van der Waals surface area (Å²) in [6.45, 7) is 3.72. The van der Waals surface area contributed by atoms with Crippen LogP contribution in [0.15, 0.2) is 71.8 Å². The molecule has 0 aliphatic heterocycles. The van der Waals surface area contributed by atoms with E-state index >= 15 is 0 Å². The predicted molar refractivity (Wildman–Crippen MR) is 114 cm³/mol. The molecule has 4 rings (SSSR count). The van der Waals surface area contributed by atoms with E-state index in [2.05, 4.69) is 15.5 Å². The van der Waals surface area contributed by atoms with Crippen LogP contribution in [0.4, 0.5) is 0 Å². The van der Waals surface area contributed by atoms with Gasteiger partial charge in [-0.3, -0.25) is 9.20 Å². The molecule has 0 fully saturated rings. The minimum Gasteiger partial charge on any atom is -0.379 e. The molecule has 0 saturated heterocycles. The van der Waals surface area contributed by atoms with Gasteiger partial charge in [0.15, 0.2) is 11.5 Å². The van der Waals surface area contributed by atoms with Crippen molar-refractivity contribution in [3.8, 4) is 5.75 Å². The van der Waals surface area contributed by atoms with Crippen LogP contribution in [0.3, 0.4) is 0 Å². The highest BCUT2D eigenvalue weighted by Gasteiger charge is 2.20. The Hall–Kier alpha value is -3.72. The number of nitrogens with zero attached hydrogens (tertiary/aromatic N) is 3. The largest absolute Gasteiger partial charge is 0.379 e. The molecule has 0 spiro atoms. The lowest BCUT2D eigenvalue weighted by atomic mass is 10.2. The maximum Gasteiger partial charge on any atom is 0.339 e. The Balaban J connectivity index is 1.44. The second kappa shape index (κ2) is 8.19. The van der Waals surface area contributed by atoms with E-state index < -0.39 is 10.1 Å². The van der Waals surface area contributed by atoms with Crippen molar-refractivity contribution < 1.29 is 17.4 Å². The number of nitrogens with one attached hydrogen (secondary N) is 1. The van der Waals surface area contributed by atoms with Gasteiger partial charge in [-0.25, -0.2) is 0 Å². The Labute approximate surface area is 179 Å². The Morgan fingerprint density at radius 1 is 1.03 bits per heavy atom. The van der Waals surface area contributed by atoms with Gasteiger partial charge in [0.25, 0.3) is 5.91 Å². The first-order valence-electron chi connectivity index (χ1n) is 9.52. The highest BCUT2D eigenvalue weighted by atomic mass is 32.2. The van der Waals surface area contributed by atoms with Crippen molar-refractivity contribution in [2.24, 2.45) is 0 Å². The molecule has 0 atom stereocenters. The highest BCUT2D eigenvalue weighted by Crippen LogP contribution is 2.22. The molecule has 8 nitrogen and oxygen atoms in total. The average molecular weight is 436 g/mol. The maximum absolute atomic E-state index is 12.6. The van der Waals surface area contributed by atoms with E-state index in [0.29, 0.717) is 22.6 Å². The molecule has 158 valence electrons. The van der Waals surface area contributed by atoms with Crippen LogP contribution in [-0.4, -0.2) is 28.9 Å². The molecule has 2 aromatic carbocycles. The molecule has 2 heterocycles. The van der Waals surface area contributed by atoms with Gasteiger partial charge in [-0.15, -0.1) is 10.2 Å². The molecule has 31 heavy (non-hydrogen) atoms. The summed E-state index contributed by atoms with van der Waals surface area (Å²) in [5, 5.41) is 10.9. The number of aromatic nitrogens is 3. The van der Waals surface area contributed by atoms with Gasteiger partial charge < -0.3 is 9.50 Å². The van der Waals surface area contributed by atoms with Crippen LogP contribution in [0.5, 0.6) is 5.75 Å². The van der Waals surface area contributed by atoms with Crippen LogP contribution < -0.4 is 9.50 Å². The van der Waals surface area contributed by atoms with Gasteiger partial charge in [0.1, 0.15) is 10.6 Å². The fourth-order valence-electron chi connectivity index (χ4n) is 3.08. The van der Waals surface area contributed by atoms with Crippen molar-refractivity contribution in [1.29, 1.82) is 0 Å². The van der Waals surface area contributed by atoms with Crippen LogP contribution in [0.25, 0.3) is 5.65 Å². The summed E-state index contributed by atoms with van der Waals surface area (Å²) in [7, 11) is -3.98. The van der Waals surface area contributed by atoms with Crippen LogP contribution in [-0.2, 0) is 16.7 Å². The number of hydrogen-bond acceptors (Lipinski definition) is 6. The number of carbonyl (C=O) groups is 1. The van der Waals surface area contributed by atoms with E-state index in [1.54, 1.807) is 23.5 Å². The molecule has 2 aromatic heterocycles. The van der Waals surface area contributed by atoms with Crippen molar-refractivity contribution in [2.45, 2.75) is 25.3 Å². The van der Waals surface area contributed by atoms with Gasteiger partial charge in [0.05, 0.1) is 6.54 Å². The van der Waals surface area contributed by atoms with Crippen molar-refractivity contribution in [3.05, 3.63) is 89.4 Å². The Morgan fingerprint density at radius 2 is 1.81 bits per heavy atom. The lowest BCUT2D eigenvalue weighted by Gasteiger charge is -2.10. The molecule has 1 amide bonds. The quantitative estimate of drug-likeness (QED) is 0.466. The third-order valence-electron chi connectivity index (χ3n) is 4.73. The monoisotopic (exact) mass is 436 g/mol. The van der Waals surface area contributed by atoms with E-state index in [4.69, 9.17) is 4.18 Å². The van der Waals surface area contributed by atoms with Crippen molar-refractivity contribution in [2.75, 3.05) is 0 Å². The third kappa shape index (κ3) is 4.41. The molecular formula is C22H20N4O4S. The lowest BCUT2D eigenvalue weighted by molar-refractivity contribution is 0.0950. The van der Waals surface area contributed by atoms with Gasteiger partial charge in [-0.1, -0.05) is 18.2 Å². The molecule has 0 saturated carbocycles. The number of aryl methyl sites for hydroxylation is 2. The number of rotatable bonds is 6. The number of pyridine rings is 1. The molecule has 0 bridgehead atoms. The lowest BCUT2D eigenvalue weighted by Crippen LogP contribution is -2.24. The van der Waals surface area contributed by atoms with Crippen LogP contribution in [0.1, 0.15) is 27.3 Å². The summed E-state index contributed by atoms with van der Waals surface area (Å²) < 4.78 is 32.3. The van der Waals surface area contributed by atoms with Crippen molar-refractivity contribution >= 4 is 21.7 Å². The van der Waals surface area contributed by atoms with Crippen molar-refractivity contribution in [3.63, 3.8) is 0 Å². The number of fused-ring (bicyclic) bond motifs is 1. The zero-order valence-corrected chi connectivity index (χ0v) is 17.8. The molecule has 0 unspecified atom stereocenters. The van der Waals surface area contributed by atoms with Crippen LogP contribution >= 0.6 is 0 Å². The minimum atomic E-state index is -3.98. The first kappa shape index (κ1) is 20.5. The van der Waals surface area contributed by atoms with Gasteiger partial charge in [0.2, 0.25) is 0 Å². The van der Waals surface area contributed by atoms with E-state index in [1.165, 1.54) is 24.3 Å². The number of carbonyl (C=O) groups excluding carboxylic acids is 1. The third-order valence-corrected chi connectivity index (χ3v) is 6.12. The van der Waals surface area contributed by atoms with Gasteiger partial charge in [0, 0.05) is 11.8 Å². The average Bonchev–Trinajstić information content (AvgIpc) is 3.17. The smallest absolute Gasteiger partial charge is 0.339 e. The molecular weight excluding hydrogens is 416 g/mol. The Bertz CT molecular complexity index is 1360. The second-order valence-corrected chi connectivity index (χ2v) is 8.57. The summed E-state index contributed by atoms with van der Waals surface area (Å²) in [4.78, 5) is 12.6. The number of amides is 1. The van der Waals surface area contributed by atoms with Crippen molar-refractivity contribution in [1.82, 2.24) is 19.9 Å². The molecule has 0 aliphatic rings. The van der Waals surface area contributed by atoms with E-state index in [0.717, 1.165) is 5.56 Å². The van der Waals surface area contributed by atoms with Gasteiger partial charge >= 0.3 is 10.1 Å². The molecule has 0 aliphatic carbocycles. The van der Waals surface area contributed by atoms with Crippen LogP contribution in [0, 0.1) is 13.8 Å². The SMILES string of the molecule is Cc1ccc(C)c(S(=O)(=O)Oc2ccc(C(=O)NCc3nnc4ccccn34)cc2)c1. The fourth-order valence-corrected chi connectivity index (χ4v) is 4.33. The molecule has 4 aromatic rings. The first-order chi connectivity index (χ1) is 14.8. The van der Waals surface area contributed by atoms with Gasteiger partial charge in [-0.05, 0) is 67.4 Å². The predicted octanol–water partition coefficient (Wildman–Crippen LogP) is 3.04. The fraction of sp³-hybridized carbons (Fsp3) is 0.136. The second-order valence-electron chi connectivity index (χ2n) is 7.06. The summed E-state index contributed by atoms with van der Waals surface area (Å²) >= 11 is 0. The summed E-state index contributed by atoms with van der Waals surface area (Å²) in [6, 6.07) is 16.6. The van der Waals surface area contributed by atoms with E-state index in [1.807, 2.05) is 37.4 Å². The summed E-state index contributed by atoms with van der Waals surface area (Å²) in [5.41, 5.74) is 2.48. The first-order valence-corrected chi connectivity index (χ1v) is 10.9. The van der Waals surface area contributed by atoms with Crippen LogP contribution in [0.2, 0.25) is 0 Å². The summed E-state index contributed by atoms with van der Waals surface area (Å²) in [6.07, 6.45) is 1.82. The number of hydrogen-bond donors (Lipinski definition) is 1. The van der Waals surface area contributed by atoms with E-state index in [9.17, 15) is 13.2 Å². The highest BCUT2D eigenvalue weighted by molar-refractivity contribution is 7.87. The maximum atomic E-state index is 12.6. The van der Waals surface area contributed by atoms with Gasteiger partial charge in [-0.2, -0.15) is 8.42 Å². The normalized spacial score (nSPS) is 11.4. The summed E-state index contributed by atoms with van der Waals surface area (Å²) in [5.74, 6) is 0.404. The molecule has 1 N–H and O–H groups in total.